The zero-order valence-corrected chi connectivity index (χ0v) is 21.6. The van der Waals surface area contributed by atoms with Gasteiger partial charge in [-0.05, 0) is 48.7 Å². The molecule has 8 nitrogen and oxygen atoms in total. The number of fused-ring (bicyclic) bond motifs is 1. The molecule has 9 heteroatoms. The fourth-order valence-corrected chi connectivity index (χ4v) is 7.11. The van der Waals surface area contributed by atoms with Gasteiger partial charge in [-0.2, -0.15) is 5.10 Å². The van der Waals surface area contributed by atoms with Crippen LogP contribution in [0.5, 0.6) is 11.5 Å². The van der Waals surface area contributed by atoms with E-state index in [2.05, 4.69) is 10.2 Å². The highest BCUT2D eigenvalue weighted by Gasteiger charge is 2.48. The maximum absolute atomic E-state index is 13.7. The highest BCUT2D eigenvalue weighted by molar-refractivity contribution is 7.91. The molecule has 0 bridgehead atoms. The Morgan fingerprint density at radius 3 is 2.55 bits per heavy atom. The molecule has 3 heterocycles. The van der Waals surface area contributed by atoms with Gasteiger partial charge in [0.2, 0.25) is 0 Å². The van der Waals surface area contributed by atoms with Gasteiger partial charge in [0, 0.05) is 17.2 Å². The number of phenolic OH excluding ortho intramolecular Hbond substituents is 1. The van der Waals surface area contributed by atoms with Crippen molar-refractivity contribution >= 4 is 15.7 Å². The first kappa shape index (κ1) is 24.2. The van der Waals surface area contributed by atoms with Gasteiger partial charge in [0.25, 0.3) is 5.91 Å². The number of nitrogens with zero attached hydrogens (tertiary/aromatic N) is 2. The van der Waals surface area contributed by atoms with Crippen LogP contribution in [-0.2, 0) is 16.4 Å². The van der Waals surface area contributed by atoms with E-state index in [-0.39, 0.29) is 23.2 Å². The van der Waals surface area contributed by atoms with Gasteiger partial charge in [0.1, 0.15) is 29.5 Å². The predicted molar refractivity (Wildman–Crippen MR) is 143 cm³/mol. The Balaban J connectivity index is 1.40. The highest BCUT2D eigenvalue weighted by atomic mass is 32.2. The number of ether oxygens (including phenoxy) is 1. The lowest BCUT2D eigenvalue weighted by atomic mass is 9.94. The van der Waals surface area contributed by atoms with Gasteiger partial charge >= 0.3 is 0 Å². The minimum Gasteiger partial charge on any atom is -0.507 e. The number of phenols is 1. The highest BCUT2D eigenvalue weighted by Crippen LogP contribution is 2.46. The summed E-state index contributed by atoms with van der Waals surface area (Å²) in [4.78, 5) is 15.3. The Hall–Kier alpha value is -4.11. The molecule has 1 aromatic heterocycles. The summed E-state index contributed by atoms with van der Waals surface area (Å²) in [5, 5.41) is 18.0. The van der Waals surface area contributed by atoms with Crippen LogP contribution >= 0.6 is 0 Å². The molecule has 6 rings (SSSR count). The Bertz CT molecular complexity index is 1610. The Morgan fingerprint density at radius 2 is 1.84 bits per heavy atom. The van der Waals surface area contributed by atoms with Crippen molar-refractivity contribution in [3.05, 3.63) is 101 Å². The lowest BCUT2D eigenvalue weighted by molar-refractivity contribution is 0.0677. The van der Waals surface area contributed by atoms with Crippen LogP contribution in [0.1, 0.15) is 45.2 Å². The van der Waals surface area contributed by atoms with Crippen molar-refractivity contribution in [3.63, 3.8) is 0 Å². The van der Waals surface area contributed by atoms with Crippen LogP contribution in [0.4, 0.5) is 0 Å². The van der Waals surface area contributed by atoms with Gasteiger partial charge in [-0.25, -0.2) is 8.42 Å². The van der Waals surface area contributed by atoms with E-state index in [1.807, 2.05) is 67.6 Å². The van der Waals surface area contributed by atoms with Crippen LogP contribution in [0.25, 0.3) is 11.3 Å². The molecule has 2 aliphatic heterocycles. The second-order valence-corrected chi connectivity index (χ2v) is 12.1. The Morgan fingerprint density at radius 1 is 1.08 bits per heavy atom. The van der Waals surface area contributed by atoms with Gasteiger partial charge < -0.3 is 14.7 Å². The van der Waals surface area contributed by atoms with Gasteiger partial charge in [-0.1, -0.05) is 54.1 Å². The lowest BCUT2D eigenvalue weighted by Crippen LogP contribution is -2.40. The zero-order valence-electron chi connectivity index (χ0n) is 20.8. The summed E-state index contributed by atoms with van der Waals surface area (Å²) in [6.07, 6.45) is 0.381. The van der Waals surface area contributed by atoms with Crippen molar-refractivity contribution in [2.75, 3.05) is 11.5 Å². The van der Waals surface area contributed by atoms with E-state index < -0.39 is 21.9 Å². The normalized spacial score (nSPS) is 20.0. The first-order valence-electron chi connectivity index (χ1n) is 12.5. The molecule has 38 heavy (non-hydrogen) atoms. The number of aromatic amines is 1. The maximum atomic E-state index is 13.7. The molecule has 2 aliphatic rings. The fraction of sp³-hybridized carbons (Fsp3) is 0.241. The number of benzene rings is 3. The van der Waals surface area contributed by atoms with Crippen molar-refractivity contribution in [1.29, 1.82) is 0 Å². The topological polar surface area (TPSA) is 113 Å². The average Bonchev–Trinajstić information content (AvgIpc) is 3.58. The van der Waals surface area contributed by atoms with E-state index >= 15 is 0 Å². The third-order valence-corrected chi connectivity index (χ3v) is 9.01. The van der Waals surface area contributed by atoms with E-state index in [9.17, 15) is 18.3 Å². The molecule has 2 N–H and O–H groups in total. The number of aryl methyl sites for hydroxylation is 1. The summed E-state index contributed by atoms with van der Waals surface area (Å²) >= 11 is 0. The smallest absolute Gasteiger partial charge is 0.273 e. The van der Waals surface area contributed by atoms with E-state index in [0.29, 0.717) is 41.3 Å². The van der Waals surface area contributed by atoms with Crippen LogP contribution < -0.4 is 4.74 Å². The van der Waals surface area contributed by atoms with Crippen molar-refractivity contribution in [3.8, 4) is 22.8 Å². The van der Waals surface area contributed by atoms with Crippen molar-refractivity contribution in [1.82, 2.24) is 15.1 Å². The van der Waals surface area contributed by atoms with Gasteiger partial charge in [0.05, 0.1) is 17.5 Å². The van der Waals surface area contributed by atoms with E-state index in [0.717, 1.165) is 16.7 Å². The number of carbonyl (C=O) groups excluding carboxylic acids is 1. The summed E-state index contributed by atoms with van der Waals surface area (Å²) in [6.45, 7) is 2.35. The summed E-state index contributed by atoms with van der Waals surface area (Å²) < 4.78 is 30.7. The van der Waals surface area contributed by atoms with E-state index in [4.69, 9.17) is 4.74 Å². The van der Waals surface area contributed by atoms with Crippen LogP contribution in [0.3, 0.4) is 0 Å². The maximum Gasteiger partial charge on any atom is 0.273 e. The van der Waals surface area contributed by atoms with Crippen LogP contribution in [0.15, 0.2) is 72.8 Å². The largest absolute Gasteiger partial charge is 0.507 e. The number of sulfone groups is 1. The average molecular weight is 530 g/mol. The van der Waals surface area contributed by atoms with Crippen molar-refractivity contribution in [2.24, 2.45) is 0 Å². The molecule has 2 unspecified atom stereocenters. The van der Waals surface area contributed by atoms with Crippen LogP contribution in [0, 0.1) is 6.92 Å². The SMILES string of the molecule is Cc1ccc(O)c(-c2n[nH]c3c2C(c2ccc(OCc4ccccc4)cc2)N(C2CCS(=O)(=O)C2)C3=O)c1. The summed E-state index contributed by atoms with van der Waals surface area (Å²) in [6, 6.07) is 21.6. The monoisotopic (exact) mass is 529 g/mol. The van der Waals surface area contributed by atoms with E-state index in [1.54, 1.807) is 17.0 Å². The molecule has 4 aromatic rings. The molecule has 2 atom stereocenters. The molecule has 0 saturated carbocycles. The molecule has 0 aliphatic carbocycles. The first-order chi connectivity index (χ1) is 18.3. The number of aromatic hydroxyl groups is 1. The lowest BCUT2D eigenvalue weighted by Gasteiger charge is -2.31. The van der Waals surface area contributed by atoms with Gasteiger partial charge in [0.15, 0.2) is 9.84 Å². The van der Waals surface area contributed by atoms with E-state index in [1.165, 1.54) is 0 Å². The predicted octanol–water partition coefficient (Wildman–Crippen LogP) is 4.40. The van der Waals surface area contributed by atoms with Gasteiger partial charge in [-0.15, -0.1) is 0 Å². The minimum atomic E-state index is -3.23. The molecule has 0 spiro atoms. The number of H-pyrrole nitrogens is 1. The minimum absolute atomic E-state index is 0.0537. The molecular weight excluding hydrogens is 502 g/mol. The van der Waals surface area contributed by atoms with Gasteiger partial charge in [-0.3, -0.25) is 9.89 Å². The molecule has 1 fully saturated rings. The number of rotatable bonds is 6. The molecule has 194 valence electrons. The Labute approximate surface area is 220 Å². The van der Waals surface area contributed by atoms with Crippen LogP contribution in [-0.4, -0.2) is 52.1 Å². The standard InChI is InChI=1S/C29H27N3O5S/c1-18-7-12-24(33)23(15-18)26-25-27(31-30-26)29(34)32(21-13-14-38(35,36)17-21)28(25)20-8-10-22(11-9-20)37-16-19-5-3-2-4-6-19/h2-12,15,21,28,33H,13-14,16-17H2,1H3,(H,30,31). The quantitative estimate of drug-likeness (QED) is 0.383. The van der Waals surface area contributed by atoms with Crippen molar-refractivity contribution in [2.45, 2.75) is 32.0 Å². The molecule has 0 radical (unpaired) electrons. The second-order valence-electron chi connectivity index (χ2n) is 9.90. The number of hydrogen-bond donors (Lipinski definition) is 2. The number of amides is 1. The third-order valence-electron chi connectivity index (χ3n) is 7.26. The molecular formula is C29H27N3O5S. The Kier molecular flexibility index (Phi) is 5.95. The van der Waals surface area contributed by atoms with Crippen LogP contribution in [0.2, 0.25) is 0 Å². The number of nitrogens with one attached hydrogen (secondary N) is 1. The first-order valence-corrected chi connectivity index (χ1v) is 14.3. The zero-order chi connectivity index (χ0) is 26.4. The second kappa shape index (κ2) is 9.33. The van der Waals surface area contributed by atoms with Crippen molar-refractivity contribution < 1.29 is 23.1 Å². The number of aromatic nitrogens is 2. The summed E-state index contributed by atoms with van der Waals surface area (Å²) in [5.41, 5.74) is 4.75. The fourth-order valence-electron chi connectivity index (χ4n) is 5.40. The summed E-state index contributed by atoms with van der Waals surface area (Å²) in [7, 11) is -3.23. The number of hydrogen-bond acceptors (Lipinski definition) is 6. The summed E-state index contributed by atoms with van der Waals surface area (Å²) in [5.74, 6) is 0.430. The molecule has 3 aromatic carbocycles. The molecule has 1 saturated heterocycles. The molecule has 1 amide bonds. The number of carbonyl (C=O) groups is 1. The third kappa shape index (κ3) is 4.32.